The third-order valence-electron chi connectivity index (χ3n) is 3.98. The number of rotatable bonds is 15. The maximum atomic E-state index is 10.4. The van der Waals surface area contributed by atoms with Gasteiger partial charge in [-0.15, -0.1) is 0 Å². The first-order chi connectivity index (χ1) is 10.5. The summed E-state index contributed by atoms with van der Waals surface area (Å²) in [6.45, 7) is 6.03. The van der Waals surface area contributed by atoms with E-state index in [4.69, 9.17) is 5.11 Å². The molecule has 0 aliphatic carbocycles. The fourth-order valence-corrected chi connectivity index (χ4v) is 2.52. The van der Waals surface area contributed by atoms with Gasteiger partial charge in [0, 0.05) is 6.42 Å². The Morgan fingerprint density at radius 2 is 1.55 bits per heavy atom. The molecule has 0 radical (unpaired) electrons. The number of aliphatic hydroxyl groups excluding tert-OH is 2. The second-order valence-corrected chi connectivity index (χ2v) is 6.23. The molecule has 0 aromatic heterocycles. The van der Waals surface area contributed by atoms with Gasteiger partial charge in [-0.2, -0.15) is 0 Å². The van der Waals surface area contributed by atoms with Crippen LogP contribution in [-0.4, -0.2) is 33.5 Å². The summed E-state index contributed by atoms with van der Waals surface area (Å²) in [5, 5.41) is 28.4. The first-order valence-electron chi connectivity index (χ1n) is 8.73. The van der Waals surface area contributed by atoms with Crippen molar-refractivity contribution in [3.63, 3.8) is 0 Å². The Kier molecular flexibility index (Phi) is 13.2. The Bertz CT molecular complexity index is 301. The van der Waals surface area contributed by atoms with E-state index in [-0.39, 0.29) is 12.5 Å². The number of carbonyl (C=O) groups is 1. The van der Waals surface area contributed by atoms with Crippen molar-refractivity contribution in [1.82, 2.24) is 0 Å². The smallest absolute Gasteiger partial charge is 0.303 e. The van der Waals surface area contributed by atoms with Crippen LogP contribution < -0.4 is 0 Å². The summed E-state index contributed by atoms with van der Waals surface area (Å²) in [7, 11) is 0. The lowest BCUT2D eigenvalue weighted by Gasteiger charge is -2.17. The van der Waals surface area contributed by atoms with E-state index in [1.807, 2.05) is 0 Å². The number of hydrogen-bond acceptors (Lipinski definition) is 3. The summed E-state index contributed by atoms with van der Waals surface area (Å²) in [6.07, 6.45) is 9.17. The topological polar surface area (TPSA) is 77.8 Å². The van der Waals surface area contributed by atoms with E-state index in [1.165, 1.54) is 0 Å². The predicted octanol–water partition coefficient (Wildman–Crippen LogP) is 4.05. The van der Waals surface area contributed by atoms with E-state index in [9.17, 15) is 15.0 Å². The minimum Gasteiger partial charge on any atom is -0.481 e. The molecule has 0 fully saturated rings. The van der Waals surface area contributed by atoms with Gasteiger partial charge in [-0.3, -0.25) is 4.79 Å². The van der Waals surface area contributed by atoms with Gasteiger partial charge in [0.1, 0.15) is 0 Å². The SMILES string of the molecule is C=C(CC(O)CCCCC)C(O)CCCCCCCC(=O)O. The number of carboxylic acids is 1. The minimum absolute atomic E-state index is 0.245. The highest BCUT2D eigenvalue weighted by Crippen LogP contribution is 2.18. The highest BCUT2D eigenvalue weighted by atomic mass is 16.4. The van der Waals surface area contributed by atoms with Gasteiger partial charge < -0.3 is 15.3 Å². The molecule has 130 valence electrons. The van der Waals surface area contributed by atoms with Gasteiger partial charge in [-0.25, -0.2) is 0 Å². The summed E-state index contributed by atoms with van der Waals surface area (Å²) in [5.41, 5.74) is 0.731. The normalized spacial score (nSPS) is 13.8. The molecule has 3 N–H and O–H groups in total. The number of hydrogen-bond donors (Lipinski definition) is 3. The van der Waals surface area contributed by atoms with Gasteiger partial charge in [-0.1, -0.05) is 58.4 Å². The number of aliphatic hydroxyl groups is 2. The van der Waals surface area contributed by atoms with E-state index in [0.717, 1.165) is 63.4 Å². The van der Waals surface area contributed by atoms with Crippen LogP contribution in [0.5, 0.6) is 0 Å². The van der Waals surface area contributed by atoms with Crippen molar-refractivity contribution in [1.29, 1.82) is 0 Å². The molecule has 0 rings (SSSR count). The monoisotopic (exact) mass is 314 g/mol. The molecule has 0 aromatic carbocycles. The van der Waals surface area contributed by atoms with Gasteiger partial charge in [-0.05, 0) is 31.3 Å². The van der Waals surface area contributed by atoms with Crippen molar-refractivity contribution in [2.45, 2.75) is 96.2 Å². The van der Waals surface area contributed by atoms with E-state index in [0.29, 0.717) is 12.8 Å². The van der Waals surface area contributed by atoms with Crippen molar-refractivity contribution >= 4 is 5.97 Å². The molecular weight excluding hydrogens is 280 g/mol. The molecule has 0 aliphatic rings. The van der Waals surface area contributed by atoms with Crippen LogP contribution in [0.2, 0.25) is 0 Å². The Hall–Kier alpha value is -0.870. The molecule has 0 amide bonds. The summed E-state index contributed by atoms with van der Waals surface area (Å²) < 4.78 is 0. The Balaban J connectivity index is 3.59. The van der Waals surface area contributed by atoms with E-state index in [1.54, 1.807) is 0 Å². The zero-order valence-corrected chi connectivity index (χ0v) is 14.1. The molecule has 4 nitrogen and oxygen atoms in total. The van der Waals surface area contributed by atoms with Crippen molar-refractivity contribution in [3.05, 3.63) is 12.2 Å². The van der Waals surface area contributed by atoms with Crippen LogP contribution in [0.1, 0.15) is 84.0 Å². The lowest BCUT2D eigenvalue weighted by Crippen LogP contribution is -2.16. The van der Waals surface area contributed by atoms with E-state index < -0.39 is 12.1 Å². The van der Waals surface area contributed by atoms with Gasteiger partial charge in [0.25, 0.3) is 0 Å². The van der Waals surface area contributed by atoms with Gasteiger partial charge in [0.2, 0.25) is 0 Å². The Labute approximate surface area is 135 Å². The zero-order chi connectivity index (χ0) is 16.8. The predicted molar refractivity (Wildman–Crippen MR) is 89.9 cm³/mol. The molecule has 0 saturated heterocycles. The summed E-state index contributed by atoms with van der Waals surface area (Å²) >= 11 is 0. The summed E-state index contributed by atoms with van der Waals surface area (Å²) in [4.78, 5) is 10.4. The van der Waals surface area contributed by atoms with Gasteiger partial charge in [0.05, 0.1) is 12.2 Å². The molecule has 4 heteroatoms. The first-order valence-corrected chi connectivity index (χ1v) is 8.73. The summed E-state index contributed by atoms with van der Waals surface area (Å²) in [6, 6.07) is 0. The average Bonchev–Trinajstić information content (AvgIpc) is 2.45. The van der Waals surface area contributed by atoms with Crippen LogP contribution in [0.4, 0.5) is 0 Å². The molecule has 2 unspecified atom stereocenters. The average molecular weight is 314 g/mol. The molecule has 2 atom stereocenters. The molecule has 0 aliphatic heterocycles. The largest absolute Gasteiger partial charge is 0.481 e. The highest BCUT2D eigenvalue weighted by Gasteiger charge is 2.13. The van der Waals surface area contributed by atoms with Crippen LogP contribution in [0.25, 0.3) is 0 Å². The molecule has 22 heavy (non-hydrogen) atoms. The van der Waals surface area contributed by atoms with Crippen molar-refractivity contribution < 1.29 is 20.1 Å². The fraction of sp³-hybridized carbons (Fsp3) is 0.833. The van der Waals surface area contributed by atoms with Crippen molar-refractivity contribution in [3.8, 4) is 0 Å². The zero-order valence-electron chi connectivity index (χ0n) is 14.1. The second-order valence-electron chi connectivity index (χ2n) is 6.23. The first kappa shape index (κ1) is 21.1. The van der Waals surface area contributed by atoms with Gasteiger partial charge >= 0.3 is 5.97 Å². The molecule has 0 bridgehead atoms. The molecule has 0 heterocycles. The lowest BCUT2D eigenvalue weighted by molar-refractivity contribution is -0.137. The van der Waals surface area contributed by atoms with E-state index in [2.05, 4.69) is 13.5 Å². The lowest BCUT2D eigenvalue weighted by atomic mass is 9.97. The maximum Gasteiger partial charge on any atom is 0.303 e. The quantitative estimate of drug-likeness (QED) is 0.315. The molecule has 0 aromatic rings. The van der Waals surface area contributed by atoms with Crippen LogP contribution in [-0.2, 0) is 4.79 Å². The van der Waals surface area contributed by atoms with Crippen LogP contribution in [0.15, 0.2) is 12.2 Å². The van der Waals surface area contributed by atoms with Gasteiger partial charge in [0.15, 0.2) is 0 Å². The van der Waals surface area contributed by atoms with Crippen LogP contribution in [0.3, 0.4) is 0 Å². The molecule has 0 saturated carbocycles. The third kappa shape index (κ3) is 12.8. The standard InChI is InChI=1S/C18H34O4/c1-3-4-8-11-16(19)14-15(2)17(20)12-9-6-5-7-10-13-18(21)22/h16-17,19-20H,2-14H2,1H3,(H,21,22). The van der Waals surface area contributed by atoms with Crippen molar-refractivity contribution in [2.75, 3.05) is 0 Å². The molecular formula is C18H34O4. The number of aliphatic carboxylic acids is 1. The number of carboxylic acid groups (broad SMARTS) is 1. The van der Waals surface area contributed by atoms with Crippen LogP contribution in [0, 0.1) is 0 Å². The van der Waals surface area contributed by atoms with Crippen LogP contribution >= 0.6 is 0 Å². The van der Waals surface area contributed by atoms with E-state index >= 15 is 0 Å². The third-order valence-corrected chi connectivity index (χ3v) is 3.98. The fourth-order valence-electron chi connectivity index (χ4n) is 2.52. The second kappa shape index (κ2) is 13.8. The molecule has 0 spiro atoms. The number of unbranched alkanes of at least 4 members (excludes halogenated alkanes) is 6. The Morgan fingerprint density at radius 3 is 2.18 bits per heavy atom. The minimum atomic E-state index is -0.732. The summed E-state index contributed by atoms with van der Waals surface area (Å²) in [5.74, 6) is -0.732. The maximum absolute atomic E-state index is 10.4. The van der Waals surface area contributed by atoms with Crippen molar-refractivity contribution in [2.24, 2.45) is 0 Å². The highest BCUT2D eigenvalue weighted by molar-refractivity contribution is 5.66. The Morgan fingerprint density at radius 1 is 0.955 bits per heavy atom.